The van der Waals surface area contributed by atoms with Crippen molar-refractivity contribution in [2.24, 2.45) is 0 Å². The highest BCUT2D eigenvalue weighted by Crippen LogP contribution is 2.39. The molecule has 0 saturated carbocycles. The number of alkyl halides is 3. The Morgan fingerprint density at radius 2 is 1.75 bits per heavy atom. The van der Waals surface area contributed by atoms with Gasteiger partial charge in [0.25, 0.3) is 11.5 Å². The molecule has 3 aromatic heterocycles. The summed E-state index contributed by atoms with van der Waals surface area (Å²) in [5.41, 5.74) is 7.21. The molecule has 222 valence electrons. The summed E-state index contributed by atoms with van der Waals surface area (Å²) in [6.07, 6.45) is -4.56. The number of halogens is 3. The fourth-order valence-corrected chi connectivity index (χ4v) is 4.89. The van der Waals surface area contributed by atoms with Crippen LogP contribution in [0.2, 0.25) is 0 Å². The molecule has 11 nitrogen and oxygen atoms in total. The van der Waals surface area contributed by atoms with Gasteiger partial charge in [-0.1, -0.05) is 12.1 Å². The molecular weight excluding hydrogens is 579 g/mol. The maximum absolute atomic E-state index is 13.1. The molecule has 0 atom stereocenters. The smallest absolute Gasteiger partial charge is 0.416 e. The quantitative estimate of drug-likeness (QED) is 0.199. The van der Waals surface area contributed by atoms with E-state index < -0.39 is 23.2 Å². The van der Waals surface area contributed by atoms with Crippen molar-refractivity contribution in [1.82, 2.24) is 20.0 Å². The van der Waals surface area contributed by atoms with Crippen LogP contribution in [0.5, 0.6) is 0 Å². The van der Waals surface area contributed by atoms with Crippen LogP contribution in [-0.2, 0) is 11.0 Å². The van der Waals surface area contributed by atoms with Gasteiger partial charge in [-0.3, -0.25) is 14.4 Å². The molecule has 0 saturated heterocycles. The number of nitrogens with one attached hydrogen (secondary N) is 3. The van der Waals surface area contributed by atoms with Crippen LogP contribution in [0.4, 0.5) is 30.4 Å². The number of carbonyl (C=O) groups is 2. The number of hydrogen-bond donors (Lipinski definition) is 4. The largest absolute Gasteiger partial charge is 0.454 e. The number of H-pyrrole nitrogens is 1. The van der Waals surface area contributed by atoms with Crippen LogP contribution >= 0.6 is 0 Å². The summed E-state index contributed by atoms with van der Waals surface area (Å²) in [5, 5.41) is 16.8. The van der Waals surface area contributed by atoms with Crippen LogP contribution in [0, 0.1) is 6.92 Å². The van der Waals surface area contributed by atoms with Crippen LogP contribution < -0.4 is 21.9 Å². The number of aromatic amines is 1. The summed E-state index contributed by atoms with van der Waals surface area (Å²) >= 11 is 0. The summed E-state index contributed by atoms with van der Waals surface area (Å²) in [7, 11) is 0. The first kappa shape index (κ1) is 28.2. The number of aromatic nitrogens is 4. The third-order valence-corrected chi connectivity index (χ3v) is 6.93. The Bertz CT molecular complexity index is 2160. The Kier molecular flexibility index (Phi) is 6.68. The zero-order valence-corrected chi connectivity index (χ0v) is 23.0. The molecule has 2 amide bonds. The molecule has 44 heavy (non-hydrogen) atoms. The van der Waals surface area contributed by atoms with Crippen molar-refractivity contribution < 1.29 is 27.2 Å². The number of fused-ring (bicyclic) bond motifs is 2. The summed E-state index contributed by atoms with van der Waals surface area (Å²) in [6.45, 7) is 3.17. The van der Waals surface area contributed by atoms with Crippen LogP contribution in [0.15, 0.2) is 75.9 Å². The maximum atomic E-state index is 13.1. The molecular formula is C30H22F3N7O4. The predicted molar refractivity (Wildman–Crippen MR) is 158 cm³/mol. The molecule has 0 aliphatic rings. The van der Waals surface area contributed by atoms with Crippen molar-refractivity contribution in [2.45, 2.75) is 20.0 Å². The SMILES string of the molecule is CC(=O)Nc1ccc(-n2nc3c(=O)[nH]nc(N)c3c2-c2oc3cc(C(=O)Nc4cccc(C(F)(F)F)c4)ccc3c2C)cc1. The molecule has 0 radical (unpaired) electrons. The van der Waals surface area contributed by atoms with E-state index in [9.17, 15) is 27.6 Å². The average molecular weight is 602 g/mol. The third kappa shape index (κ3) is 5.02. The van der Waals surface area contributed by atoms with E-state index in [1.165, 1.54) is 35.9 Å². The van der Waals surface area contributed by atoms with Gasteiger partial charge in [0, 0.05) is 34.8 Å². The second-order valence-corrected chi connectivity index (χ2v) is 9.95. The molecule has 6 aromatic rings. The number of carbonyl (C=O) groups excluding carboxylic acids is 2. The lowest BCUT2D eigenvalue weighted by molar-refractivity contribution is -0.137. The molecule has 0 spiro atoms. The molecule has 6 rings (SSSR count). The van der Waals surface area contributed by atoms with Gasteiger partial charge >= 0.3 is 6.18 Å². The topological polar surface area (TPSA) is 161 Å². The molecule has 5 N–H and O–H groups in total. The van der Waals surface area contributed by atoms with E-state index in [1.54, 1.807) is 37.3 Å². The number of nitrogens with two attached hydrogens (primary N) is 1. The van der Waals surface area contributed by atoms with Gasteiger partial charge in [-0.25, -0.2) is 9.78 Å². The molecule has 14 heteroatoms. The number of amides is 2. The van der Waals surface area contributed by atoms with Crippen molar-refractivity contribution in [3.8, 4) is 17.1 Å². The highest BCUT2D eigenvalue weighted by atomic mass is 19.4. The minimum atomic E-state index is -4.56. The van der Waals surface area contributed by atoms with E-state index in [2.05, 4.69) is 25.9 Å². The van der Waals surface area contributed by atoms with Crippen molar-refractivity contribution >= 4 is 50.9 Å². The van der Waals surface area contributed by atoms with Gasteiger partial charge in [0.05, 0.1) is 16.6 Å². The molecule has 0 aliphatic carbocycles. The van der Waals surface area contributed by atoms with Crippen molar-refractivity contribution in [1.29, 1.82) is 0 Å². The van der Waals surface area contributed by atoms with Gasteiger partial charge in [-0.15, -0.1) is 0 Å². The first-order chi connectivity index (χ1) is 20.9. The molecule has 3 aromatic carbocycles. The fourth-order valence-electron chi connectivity index (χ4n) is 4.89. The van der Waals surface area contributed by atoms with Crippen LogP contribution in [-0.4, -0.2) is 31.8 Å². The van der Waals surface area contributed by atoms with Crippen molar-refractivity contribution in [2.75, 3.05) is 16.4 Å². The summed E-state index contributed by atoms with van der Waals surface area (Å²) in [5.74, 6) is -0.592. The lowest BCUT2D eigenvalue weighted by Crippen LogP contribution is -2.13. The number of nitrogens with zero attached hydrogens (tertiary/aromatic N) is 3. The predicted octanol–water partition coefficient (Wildman–Crippen LogP) is 5.64. The van der Waals surface area contributed by atoms with E-state index >= 15 is 0 Å². The van der Waals surface area contributed by atoms with Crippen LogP contribution in [0.25, 0.3) is 39.0 Å². The fraction of sp³-hybridized carbons (Fsp3) is 0.100. The average Bonchev–Trinajstić information content (AvgIpc) is 3.53. The molecule has 3 heterocycles. The Morgan fingerprint density at radius 3 is 2.45 bits per heavy atom. The highest BCUT2D eigenvalue weighted by Gasteiger charge is 2.30. The van der Waals surface area contributed by atoms with Crippen molar-refractivity contribution in [3.63, 3.8) is 0 Å². The lowest BCUT2D eigenvalue weighted by atomic mass is 10.1. The van der Waals surface area contributed by atoms with Gasteiger partial charge in [-0.2, -0.15) is 23.4 Å². The summed E-state index contributed by atoms with van der Waals surface area (Å²) in [4.78, 5) is 37.2. The van der Waals surface area contributed by atoms with E-state index in [0.29, 0.717) is 39.4 Å². The summed E-state index contributed by atoms with van der Waals surface area (Å²) in [6, 6.07) is 15.7. The lowest BCUT2D eigenvalue weighted by Gasteiger charge is -2.10. The minimum absolute atomic E-state index is 0.00303. The van der Waals surface area contributed by atoms with Gasteiger partial charge in [0.2, 0.25) is 5.91 Å². The van der Waals surface area contributed by atoms with E-state index in [0.717, 1.165) is 12.1 Å². The zero-order chi connectivity index (χ0) is 31.3. The van der Waals surface area contributed by atoms with Crippen LogP contribution in [0.3, 0.4) is 0 Å². The second-order valence-electron chi connectivity index (χ2n) is 9.95. The Morgan fingerprint density at radius 1 is 1.00 bits per heavy atom. The Hall–Kier alpha value is -5.92. The monoisotopic (exact) mass is 601 g/mol. The number of hydrogen-bond acceptors (Lipinski definition) is 7. The number of rotatable bonds is 5. The summed E-state index contributed by atoms with van der Waals surface area (Å²) < 4.78 is 47.1. The number of nitrogen functional groups attached to an aromatic ring is 1. The zero-order valence-electron chi connectivity index (χ0n) is 23.0. The standard InChI is InChI=1S/C30H22F3N7O4/c1-14-21-11-6-16(28(42)36-19-5-3-4-17(13-19)30(31,32)33)12-22(21)44-26(14)25-23-24(29(43)38-37-27(23)34)39-40(25)20-9-7-18(8-10-20)35-15(2)41/h3-13H,1-2H3,(H2,34,37)(H,35,41)(H,36,42)(H,38,43). The van der Waals surface area contributed by atoms with Gasteiger partial charge in [0.15, 0.2) is 17.1 Å². The molecule has 0 aliphatic heterocycles. The van der Waals surface area contributed by atoms with E-state index in [1.807, 2.05) is 0 Å². The van der Waals surface area contributed by atoms with Crippen molar-refractivity contribution in [3.05, 3.63) is 93.8 Å². The molecule has 0 fully saturated rings. The maximum Gasteiger partial charge on any atom is 0.416 e. The second kappa shape index (κ2) is 10.4. The van der Waals surface area contributed by atoms with Gasteiger partial charge in [0.1, 0.15) is 11.3 Å². The van der Waals surface area contributed by atoms with Gasteiger partial charge in [-0.05, 0) is 61.5 Å². The first-order valence-corrected chi connectivity index (χ1v) is 13.1. The number of furan rings is 1. The Balaban J connectivity index is 1.45. The number of anilines is 3. The number of benzene rings is 3. The Labute approximate surface area is 245 Å². The number of aryl methyl sites for hydroxylation is 1. The molecule has 0 unspecified atom stereocenters. The van der Waals surface area contributed by atoms with E-state index in [4.69, 9.17) is 10.2 Å². The first-order valence-electron chi connectivity index (χ1n) is 13.1. The normalized spacial score (nSPS) is 11.7. The van der Waals surface area contributed by atoms with Gasteiger partial charge < -0.3 is 20.8 Å². The minimum Gasteiger partial charge on any atom is -0.454 e. The van der Waals surface area contributed by atoms with Crippen LogP contribution in [0.1, 0.15) is 28.4 Å². The van der Waals surface area contributed by atoms with E-state index in [-0.39, 0.29) is 33.9 Å². The highest BCUT2D eigenvalue weighted by molar-refractivity contribution is 6.07. The third-order valence-electron chi connectivity index (χ3n) is 6.93. The molecule has 0 bridgehead atoms.